The van der Waals surface area contributed by atoms with Gasteiger partial charge in [-0.3, -0.25) is 0 Å². The summed E-state index contributed by atoms with van der Waals surface area (Å²) in [5, 5.41) is 9.89. The van der Waals surface area contributed by atoms with Crippen molar-refractivity contribution in [2.24, 2.45) is 5.73 Å². The normalized spacial score (nSPS) is 13.8. The van der Waals surface area contributed by atoms with Crippen molar-refractivity contribution < 1.29 is 18.6 Å². The van der Waals surface area contributed by atoms with E-state index in [1.807, 2.05) is 6.92 Å². The third-order valence-corrected chi connectivity index (χ3v) is 2.76. The van der Waals surface area contributed by atoms with Crippen molar-refractivity contribution in [2.75, 3.05) is 0 Å². The standard InChI is InChI=1S/C13H19F2NO2.ClH/c1-2-3-7-10(17)12(16)9-6-4-5-8-11(9)18-13(14)15;/h4-6,8,10,12-13,17H,2-3,7,16H2,1H3;1H/t10-,12+;/m0./s1. The first-order valence-electron chi connectivity index (χ1n) is 6.03. The molecule has 2 atom stereocenters. The molecule has 0 saturated heterocycles. The number of ether oxygens (including phenoxy) is 1. The second kappa shape index (κ2) is 9.07. The van der Waals surface area contributed by atoms with E-state index in [4.69, 9.17) is 5.73 Å². The van der Waals surface area contributed by atoms with Crippen molar-refractivity contribution in [1.29, 1.82) is 0 Å². The Morgan fingerprint density at radius 1 is 1.32 bits per heavy atom. The van der Waals surface area contributed by atoms with E-state index < -0.39 is 18.8 Å². The topological polar surface area (TPSA) is 55.5 Å². The van der Waals surface area contributed by atoms with Crippen LogP contribution >= 0.6 is 12.4 Å². The highest BCUT2D eigenvalue weighted by molar-refractivity contribution is 5.85. The van der Waals surface area contributed by atoms with E-state index in [2.05, 4.69) is 4.74 Å². The molecule has 0 saturated carbocycles. The third kappa shape index (κ3) is 5.72. The van der Waals surface area contributed by atoms with Crippen LogP contribution < -0.4 is 10.5 Å². The lowest BCUT2D eigenvalue weighted by atomic mass is 9.98. The summed E-state index contributed by atoms with van der Waals surface area (Å²) >= 11 is 0. The third-order valence-electron chi connectivity index (χ3n) is 2.76. The van der Waals surface area contributed by atoms with E-state index in [1.54, 1.807) is 18.2 Å². The van der Waals surface area contributed by atoms with Crippen molar-refractivity contribution in [1.82, 2.24) is 0 Å². The highest BCUT2D eigenvalue weighted by Crippen LogP contribution is 2.28. The van der Waals surface area contributed by atoms with E-state index >= 15 is 0 Å². The molecule has 0 aliphatic heterocycles. The summed E-state index contributed by atoms with van der Waals surface area (Å²) in [6, 6.07) is 5.57. The average molecular weight is 296 g/mol. The number of alkyl halides is 2. The number of aliphatic hydroxyl groups is 1. The first-order valence-corrected chi connectivity index (χ1v) is 6.03. The zero-order chi connectivity index (χ0) is 13.5. The molecule has 19 heavy (non-hydrogen) atoms. The number of aliphatic hydroxyl groups excluding tert-OH is 1. The molecule has 3 N–H and O–H groups in total. The molecule has 0 radical (unpaired) electrons. The summed E-state index contributed by atoms with van der Waals surface area (Å²) in [7, 11) is 0. The molecule has 3 nitrogen and oxygen atoms in total. The van der Waals surface area contributed by atoms with Crippen LogP contribution in [0.25, 0.3) is 0 Å². The summed E-state index contributed by atoms with van der Waals surface area (Å²) in [6.07, 6.45) is 1.57. The van der Waals surface area contributed by atoms with Gasteiger partial charge in [-0.2, -0.15) is 8.78 Å². The second-order valence-corrected chi connectivity index (χ2v) is 4.15. The summed E-state index contributed by atoms with van der Waals surface area (Å²) in [5.41, 5.74) is 6.29. The van der Waals surface area contributed by atoms with Crippen molar-refractivity contribution in [3.8, 4) is 5.75 Å². The number of benzene rings is 1. The number of para-hydroxylation sites is 1. The quantitative estimate of drug-likeness (QED) is 0.812. The van der Waals surface area contributed by atoms with Gasteiger partial charge in [-0.25, -0.2) is 0 Å². The van der Waals surface area contributed by atoms with Gasteiger partial charge in [0.25, 0.3) is 0 Å². The molecule has 0 spiro atoms. The van der Waals surface area contributed by atoms with Crippen molar-refractivity contribution in [3.63, 3.8) is 0 Å². The Hall–Kier alpha value is -0.910. The SMILES string of the molecule is CCCC[C@H](O)[C@H](N)c1ccccc1OC(F)F.Cl. The van der Waals surface area contributed by atoms with Crippen LogP contribution in [0.5, 0.6) is 5.75 Å². The van der Waals surface area contributed by atoms with Gasteiger partial charge >= 0.3 is 6.61 Å². The molecular formula is C13H20ClF2NO2. The molecule has 0 unspecified atom stereocenters. The van der Waals surface area contributed by atoms with E-state index in [0.717, 1.165) is 12.8 Å². The minimum atomic E-state index is -2.90. The van der Waals surface area contributed by atoms with Gasteiger partial charge in [0, 0.05) is 5.56 Å². The van der Waals surface area contributed by atoms with Crippen molar-refractivity contribution in [3.05, 3.63) is 29.8 Å². The maximum Gasteiger partial charge on any atom is 0.387 e. The summed E-state index contributed by atoms with van der Waals surface area (Å²) in [5.74, 6) is 0.0237. The van der Waals surface area contributed by atoms with Gasteiger partial charge in [0.2, 0.25) is 0 Å². The molecule has 110 valence electrons. The number of unbranched alkanes of at least 4 members (excludes halogenated alkanes) is 1. The Morgan fingerprint density at radius 3 is 2.53 bits per heavy atom. The first kappa shape index (κ1) is 18.1. The fourth-order valence-electron chi connectivity index (χ4n) is 1.76. The minimum Gasteiger partial charge on any atom is -0.434 e. The lowest BCUT2D eigenvalue weighted by Gasteiger charge is -2.21. The molecule has 0 amide bonds. The maximum absolute atomic E-state index is 12.2. The molecule has 1 aromatic carbocycles. The number of halogens is 3. The monoisotopic (exact) mass is 295 g/mol. The van der Waals surface area contributed by atoms with Gasteiger partial charge in [0.05, 0.1) is 12.1 Å². The Morgan fingerprint density at radius 2 is 1.95 bits per heavy atom. The number of nitrogens with two attached hydrogens (primary N) is 1. The second-order valence-electron chi connectivity index (χ2n) is 4.15. The fraction of sp³-hybridized carbons (Fsp3) is 0.538. The molecule has 6 heteroatoms. The van der Waals surface area contributed by atoms with E-state index in [1.165, 1.54) is 6.07 Å². The number of hydrogen-bond donors (Lipinski definition) is 2. The molecule has 0 bridgehead atoms. The largest absolute Gasteiger partial charge is 0.434 e. The molecule has 0 aliphatic carbocycles. The maximum atomic E-state index is 12.2. The van der Waals surface area contributed by atoms with Crippen LogP contribution in [0.15, 0.2) is 24.3 Å². The summed E-state index contributed by atoms with van der Waals surface area (Å²) in [6.45, 7) is -0.891. The smallest absolute Gasteiger partial charge is 0.387 e. The van der Waals surface area contributed by atoms with E-state index in [9.17, 15) is 13.9 Å². The van der Waals surface area contributed by atoms with Gasteiger partial charge in [0.1, 0.15) is 5.75 Å². The molecule has 0 heterocycles. The van der Waals surface area contributed by atoms with Gasteiger partial charge in [-0.1, -0.05) is 38.0 Å². The molecule has 0 fully saturated rings. The first-order chi connectivity index (χ1) is 8.56. The van der Waals surface area contributed by atoms with Crippen LogP contribution in [0, 0.1) is 0 Å². The van der Waals surface area contributed by atoms with Crippen LogP contribution in [0.3, 0.4) is 0 Å². The van der Waals surface area contributed by atoms with Crippen LogP contribution in [-0.4, -0.2) is 17.8 Å². The van der Waals surface area contributed by atoms with Gasteiger partial charge in [0.15, 0.2) is 0 Å². The minimum absolute atomic E-state index is 0. The van der Waals surface area contributed by atoms with Crippen molar-refractivity contribution >= 4 is 12.4 Å². The molecule has 1 rings (SSSR count). The molecule has 1 aromatic rings. The number of hydrogen-bond acceptors (Lipinski definition) is 3. The Bertz CT molecular complexity index is 366. The average Bonchev–Trinajstić information content (AvgIpc) is 2.35. The fourth-order valence-corrected chi connectivity index (χ4v) is 1.76. The van der Waals surface area contributed by atoms with Crippen LogP contribution in [0.4, 0.5) is 8.78 Å². The zero-order valence-electron chi connectivity index (χ0n) is 10.8. The Balaban J connectivity index is 0.00000324. The van der Waals surface area contributed by atoms with Gasteiger partial charge in [-0.15, -0.1) is 12.4 Å². The van der Waals surface area contributed by atoms with Gasteiger partial charge < -0.3 is 15.6 Å². The van der Waals surface area contributed by atoms with Crippen molar-refractivity contribution in [2.45, 2.75) is 44.9 Å². The zero-order valence-corrected chi connectivity index (χ0v) is 11.6. The highest BCUT2D eigenvalue weighted by atomic mass is 35.5. The molecular weight excluding hydrogens is 276 g/mol. The summed E-state index contributed by atoms with van der Waals surface area (Å²) < 4.78 is 28.9. The van der Waals surface area contributed by atoms with Crippen LogP contribution in [0.2, 0.25) is 0 Å². The molecule has 0 aliphatic rings. The number of rotatable bonds is 7. The van der Waals surface area contributed by atoms with E-state index in [0.29, 0.717) is 12.0 Å². The lowest BCUT2D eigenvalue weighted by molar-refractivity contribution is -0.0510. The predicted molar refractivity (Wildman–Crippen MR) is 72.8 cm³/mol. The Labute approximate surface area is 118 Å². The Kier molecular flexibility index (Phi) is 8.63. The van der Waals surface area contributed by atoms with Crippen LogP contribution in [-0.2, 0) is 0 Å². The predicted octanol–water partition coefficient (Wildman–Crippen LogP) is 3.26. The molecule has 0 aromatic heterocycles. The van der Waals surface area contributed by atoms with E-state index in [-0.39, 0.29) is 18.2 Å². The highest BCUT2D eigenvalue weighted by Gasteiger charge is 2.21. The van der Waals surface area contributed by atoms with Crippen LogP contribution in [0.1, 0.15) is 37.8 Å². The van der Waals surface area contributed by atoms with Gasteiger partial charge in [-0.05, 0) is 12.5 Å². The summed E-state index contributed by atoms with van der Waals surface area (Å²) in [4.78, 5) is 0. The lowest BCUT2D eigenvalue weighted by Crippen LogP contribution is -2.26.